The third kappa shape index (κ3) is 3.94. The van der Waals surface area contributed by atoms with Gasteiger partial charge in [0.1, 0.15) is 17.5 Å². The fraction of sp³-hybridized carbons (Fsp3) is 0.222. The van der Waals surface area contributed by atoms with Gasteiger partial charge in [0.2, 0.25) is 6.79 Å². The van der Waals surface area contributed by atoms with Crippen LogP contribution in [0.4, 0.5) is 0 Å². The Labute approximate surface area is 187 Å². The molecule has 2 aromatic heterocycles. The third-order valence-electron chi connectivity index (χ3n) is 5.99. The van der Waals surface area contributed by atoms with Gasteiger partial charge in [0.15, 0.2) is 11.9 Å². The van der Waals surface area contributed by atoms with Crippen molar-refractivity contribution in [2.75, 3.05) is 6.79 Å². The fourth-order valence-corrected chi connectivity index (χ4v) is 4.17. The number of nitrogens with zero attached hydrogens (tertiary/aromatic N) is 2. The SMILES string of the molecule is Cc1c(C)n(Cc2ccccc2)c2c(OC(Cc3ccccc3)C3=COCO3)ccnc12. The molecule has 0 saturated carbocycles. The van der Waals surface area contributed by atoms with Gasteiger partial charge < -0.3 is 18.8 Å². The second-order valence-electron chi connectivity index (χ2n) is 8.03. The molecule has 1 aliphatic heterocycles. The zero-order chi connectivity index (χ0) is 21.9. The summed E-state index contributed by atoms with van der Waals surface area (Å²) in [4.78, 5) is 4.68. The van der Waals surface area contributed by atoms with E-state index >= 15 is 0 Å². The second kappa shape index (κ2) is 8.79. The Morgan fingerprint density at radius 3 is 2.38 bits per heavy atom. The highest BCUT2D eigenvalue weighted by atomic mass is 16.7. The number of aryl methyl sites for hydroxylation is 1. The van der Waals surface area contributed by atoms with Crippen LogP contribution in [-0.4, -0.2) is 22.4 Å². The highest BCUT2D eigenvalue weighted by Crippen LogP contribution is 2.33. The van der Waals surface area contributed by atoms with Gasteiger partial charge in [-0.3, -0.25) is 4.98 Å². The molecular weight excluding hydrogens is 400 g/mol. The molecule has 1 aliphatic rings. The van der Waals surface area contributed by atoms with Crippen LogP contribution < -0.4 is 4.74 Å². The molecule has 4 aromatic rings. The van der Waals surface area contributed by atoms with Crippen LogP contribution in [0.1, 0.15) is 22.4 Å². The lowest BCUT2D eigenvalue weighted by Gasteiger charge is -2.20. The Balaban J connectivity index is 1.55. The molecule has 0 aliphatic carbocycles. The molecule has 0 bridgehead atoms. The minimum absolute atomic E-state index is 0.221. The first-order chi connectivity index (χ1) is 15.7. The van der Waals surface area contributed by atoms with E-state index in [-0.39, 0.29) is 12.9 Å². The van der Waals surface area contributed by atoms with Gasteiger partial charge in [-0.2, -0.15) is 0 Å². The molecule has 5 heteroatoms. The minimum Gasteiger partial charge on any atom is -0.480 e. The molecule has 0 spiro atoms. The molecule has 5 nitrogen and oxygen atoms in total. The maximum absolute atomic E-state index is 6.63. The van der Waals surface area contributed by atoms with Crippen molar-refractivity contribution in [2.45, 2.75) is 32.9 Å². The number of benzene rings is 2. The molecule has 0 saturated heterocycles. The van der Waals surface area contributed by atoms with Crippen molar-refractivity contribution in [3.8, 4) is 5.75 Å². The molecule has 32 heavy (non-hydrogen) atoms. The molecule has 2 aromatic carbocycles. The Kier molecular flexibility index (Phi) is 5.55. The van der Waals surface area contributed by atoms with Gasteiger partial charge in [0.05, 0.1) is 5.52 Å². The first-order valence-electron chi connectivity index (χ1n) is 10.8. The van der Waals surface area contributed by atoms with E-state index in [1.807, 2.05) is 36.5 Å². The third-order valence-corrected chi connectivity index (χ3v) is 5.99. The molecule has 1 atom stereocenters. The van der Waals surface area contributed by atoms with E-state index in [1.165, 1.54) is 22.4 Å². The van der Waals surface area contributed by atoms with Crippen molar-refractivity contribution in [2.24, 2.45) is 0 Å². The average molecular weight is 427 g/mol. The Hall–Kier alpha value is -3.73. The Bertz CT molecular complexity index is 1250. The van der Waals surface area contributed by atoms with E-state index in [2.05, 4.69) is 59.8 Å². The highest BCUT2D eigenvalue weighted by molar-refractivity contribution is 5.86. The summed E-state index contributed by atoms with van der Waals surface area (Å²) in [6.45, 7) is 5.23. The lowest BCUT2D eigenvalue weighted by atomic mass is 10.1. The van der Waals surface area contributed by atoms with Crippen LogP contribution in [-0.2, 0) is 22.4 Å². The number of hydrogen-bond donors (Lipinski definition) is 0. The number of fused-ring (bicyclic) bond motifs is 1. The maximum atomic E-state index is 6.63. The van der Waals surface area contributed by atoms with Crippen LogP contribution in [0, 0.1) is 13.8 Å². The molecule has 0 N–H and O–H groups in total. The van der Waals surface area contributed by atoms with Crippen LogP contribution in [0.3, 0.4) is 0 Å². The van der Waals surface area contributed by atoms with Crippen molar-refractivity contribution >= 4 is 11.0 Å². The average Bonchev–Trinajstić information content (AvgIpc) is 3.45. The van der Waals surface area contributed by atoms with E-state index < -0.39 is 0 Å². The summed E-state index contributed by atoms with van der Waals surface area (Å²) in [5.41, 5.74) is 6.73. The van der Waals surface area contributed by atoms with E-state index in [1.54, 1.807) is 6.26 Å². The summed E-state index contributed by atoms with van der Waals surface area (Å²) in [5, 5.41) is 0. The van der Waals surface area contributed by atoms with E-state index in [9.17, 15) is 0 Å². The van der Waals surface area contributed by atoms with Crippen LogP contribution in [0.2, 0.25) is 0 Å². The number of aromatic nitrogens is 2. The van der Waals surface area contributed by atoms with Crippen molar-refractivity contribution in [3.63, 3.8) is 0 Å². The second-order valence-corrected chi connectivity index (χ2v) is 8.03. The first kappa shape index (κ1) is 20.2. The fourth-order valence-electron chi connectivity index (χ4n) is 4.17. The molecule has 3 heterocycles. The van der Waals surface area contributed by atoms with Crippen molar-refractivity contribution in [1.29, 1.82) is 0 Å². The molecule has 5 rings (SSSR count). The van der Waals surface area contributed by atoms with Crippen molar-refractivity contribution < 1.29 is 14.2 Å². The smallest absolute Gasteiger partial charge is 0.230 e. The monoisotopic (exact) mass is 426 g/mol. The Morgan fingerprint density at radius 2 is 1.69 bits per heavy atom. The molecule has 0 amide bonds. The van der Waals surface area contributed by atoms with Gasteiger partial charge >= 0.3 is 0 Å². The minimum atomic E-state index is -0.300. The van der Waals surface area contributed by atoms with Crippen LogP contribution in [0.25, 0.3) is 11.0 Å². The lowest BCUT2D eigenvalue weighted by Crippen LogP contribution is -2.23. The van der Waals surface area contributed by atoms with Gasteiger partial charge in [-0.1, -0.05) is 60.7 Å². The summed E-state index contributed by atoms with van der Waals surface area (Å²) in [7, 11) is 0. The van der Waals surface area contributed by atoms with Gasteiger partial charge in [-0.25, -0.2) is 0 Å². The summed E-state index contributed by atoms with van der Waals surface area (Å²) in [6.07, 6.45) is 3.85. The normalized spacial score (nSPS) is 14.0. The summed E-state index contributed by atoms with van der Waals surface area (Å²) >= 11 is 0. The number of hydrogen-bond acceptors (Lipinski definition) is 4. The number of pyridine rings is 1. The zero-order valence-electron chi connectivity index (χ0n) is 18.3. The van der Waals surface area contributed by atoms with Crippen molar-refractivity contribution in [1.82, 2.24) is 9.55 Å². The number of ether oxygens (including phenoxy) is 3. The highest BCUT2D eigenvalue weighted by Gasteiger charge is 2.25. The zero-order valence-corrected chi connectivity index (χ0v) is 18.3. The summed E-state index contributed by atoms with van der Waals surface area (Å²) < 4.78 is 20.0. The molecular formula is C27H26N2O3. The van der Waals surface area contributed by atoms with Crippen LogP contribution in [0.5, 0.6) is 5.75 Å². The summed E-state index contributed by atoms with van der Waals surface area (Å²) in [5.74, 6) is 1.49. The van der Waals surface area contributed by atoms with Gasteiger partial charge in [-0.05, 0) is 30.5 Å². The van der Waals surface area contributed by atoms with Crippen molar-refractivity contribution in [3.05, 3.63) is 107 Å². The predicted octanol–water partition coefficient (Wildman–Crippen LogP) is 5.54. The molecule has 0 radical (unpaired) electrons. The number of rotatable bonds is 7. The predicted molar refractivity (Wildman–Crippen MR) is 124 cm³/mol. The van der Waals surface area contributed by atoms with Crippen LogP contribution >= 0.6 is 0 Å². The quantitative estimate of drug-likeness (QED) is 0.389. The van der Waals surface area contributed by atoms with E-state index in [0.29, 0.717) is 12.2 Å². The molecule has 162 valence electrons. The maximum Gasteiger partial charge on any atom is 0.230 e. The molecule has 0 fully saturated rings. The van der Waals surface area contributed by atoms with Gasteiger partial charge in [-0.15, -0.1) is 0 Å². The first-order valence-corrected chi connectivity index (χ1v) is 10.8. The van der Waals surface area contributed by atoms with E-state index in [4.69, 9.17) is 14.2 Å². The lowest BCUT2D eigenvalue weighted by molar-refractivity contribution is 0.0559. The largest absolute Gasteiger partial charge is 0.480 e. The van der Waals surface area contributed by atoms with Gasteiger partial charge in [0.25, 0.3) is 0 Å². The van der Waals surface area contributed by atoms with E-state index in [0.717, 1.165) is 23.3 Å². The van der Waals surface area contributed by atoms with Gasteiger partial charge in [0, 0.05) is 30.9 Å². The summed E-state index contributed by atoms with van der Waals surface area (Å²) in [6, 6.07) is 22.7. The standard InChI is InChI=1S/C27H26N2O3/c1-19-20(2)29(16-22-11-7-4-8-12-22)27-23(13-14-28-26(19)27)32-24(25-17-30-18-31-25)15-21-9-5-3-6-10-21/h3-14,17,24H,15-16,18H2,1-2H3. The topological polar surface area (TPSA) is 45.5 Å². The van der Waals surface area contributed by atoms with Crippen LogP contribution in [0.15, 0.2) is 84.9 Å². The Morgan fingerprint density at radius 1 is 0.969 bits per heavy atom. The molecule has 1 unspecified atom stereocenters.